The minimum absolute atomic E-state index is 0.0452. The molecule has 36 heavy (non-hydrogen) atoms. The van der Waals surface area contributed by atoms with Crippen LogP contribution in [0.5, 0.6) is 5.75 Å². The van der Waals surface area contributed by atoms with Gasteiger partial charge in [0.25, 0.3) is 11.7 Å². The summed E-state index contributed by atoms with van der Waals surface area (Å²) in [6, 6.07) is 21.7. The van der Waals surface area contributed by atoms with Crippen LogP contribution in [0.25, 0.3) is 5.76 Å². The Bertz CT molecular complexity index is 1280. The van der Waals surface area contributed by atoms with E-state index < -0.39 is 17.7 Å². The topological polar surface area (TPSA) is 66.8 Å². The molecule has 1 aliphatic heterocycles. The van der Waals surface area contributed by atoms with Gasteiger partial charge in [-0.2, -0.15) is 0 Å². The van der Waals surface area contributed by atoms with Gasteiger partial charge in [-0.1, -0.05) is 76.2 Å². The first-order chi connectivity index (χ1) is 17.2. The van der Waals surface area contributed by atoms with Crippen molar-refractivity contribution in [3.8, 4) is 5.75 Å². The molecule has 3 aromatic rings. The number of aliphatic hydroxyl groups is 1. The van der Waals surface area contributed by atoms with Crippen LogP contribution in [-0.2, 0) is 21.4 Å². The quantitative estimate of drug-likeness (QED) is 0.245. The molecule has 0 aliphatic carbocycles. The van der Waals surface area contributed by atoms with E-state index in [2.05, 4.69) is 27.7 Å². The zero-order valence-electron chi connectivity index (χ0n) is 21.5. The molecule has 186 valence electrons. The molecule has 4 rings (SSSR count). The summed E-state index contributed by atoms with van der Waals surface area (Å²) in [6.07, 6.45) is 0.864. The third kappa shape index (κ3) is 4.78. The second-order valence-corrected chi connectivity index (χ2v) is 10.0. The van der Waals surface area contributed by atoms with Crippen LogP contribution in [0, 0.1) is 0 Å². The van der Waals surface area contributed by atoms with E-state index in [0.29, 0.717) is 23.6 Å². The monoisotopic (exact) mass is 483 g/mol. The van der Waals surface area contributed by atoms with E-state index in [0.717, 1.165) is 23.1 Å². The summed E-state index contributed by atoms with van der Waals surface area (Å²) in [5.74, 6) is -0.865. The first-order valence-electron chi connectivity index (χ1n) is 12.4. The van der Waals surface area contributed by atoms with Crippen LogP contribution in [0.1, 0.15) is 62.9 Å². The summed E-state index contributed by atoms with van der Waals surface area (Å²) in [5, 5.41) is 11.3. The van der Waals surface area contributed by atoms with Gasteiger partial charge in [0.1, 0.15) is 11.5 Å². The van der Waals surface area contributed by atoms with Crippen molar-refractivity contribution in [1.29, 1.82) is 0 Å². The third-order valence-electron chi connectivity index (χ3n) is 6.60. The molecule has 0 aromatic heterocycles. The number of rotatable bonds is 6. The second-order valence-electron chi connectivity index (χ2n) is 10.0. The van der Waals surface area contributed by atoms with E-state index in [1.54, 1.807) is 36.4 Å². The molecule has 5 heteroatoms. The molecule has 5 nitrogen and oxygen atoms in total. The zero-order chi connectivity index (χ0) is 26.0. The van der Waals surface area contributed by atoms with Gasteiger partial charge in [0.05, 0.1) is 18.2 Å². The van der Waals surface area contributed by atoms with Gasteiger partial charge >= 0.3 is 0 Å². The van der Waals surface area contributed by atoms with Crippen molar-refractivity contribution in [3.63, 3.8) is 0 Å². The summed E-state index contributed by atoms with van der Waals surface area (Å²) < 4.78 is 5.54. The summed E-state index contributed by atoms with van der Waals surface area (Å²) in [5.41, 5.74) is 4.12. The second kappa shape index (κ2) is 10.0. The highest BCUT2D eigenvalue weighted by Gasteiger charge is 2.47. The van der Waals surface area contributed by atoms with E-state index in [9.17, 15) is 14.7 Å². The van der Waals surface area contributed by atoms with Gasteiger partial charge in [-0.05, 0) is 59.7 Å². The fraction of sp³-hybridized carbons (Fsp3) is 0.290. The maximum Gasteiger partial charge on any atom is 0.300 e. The number of anilines is 1. The predicted octanol–water partition coefficient (Wildman–Crippen LogP) is 6.57. The molecular weight excluding hydrogens is 450 g/mol. The van der Waals surface area contributed by atoms with Crippen molar-refractivity contribution >= 4 is 23.1 Å². The normalized spacial score (nSPS) is 17.5. The molecule has 0 spiro atoms. The Labute approximate surface area is 213 Å². The van der Waals surface area contributed by atoms with Crippen molar-refractivity contribution in [2.45, 2.75) is 52.5 Å². The Morgan fingerprint density at radius 3 is 2.03 bits per heavy atom. The lowest BCUT2D eigenvalue weighted by Crippen LogP contribution is -2.29. The van der Waals surface area contributed by atoms with Crippen LogP contribution >= 0.6 is 0 Å². The van der Waals surface area contributed by atoms with Crippen LogP contribution in [0.3, 0.4) is 0 Å². The van der Waals surface area contributed by atoms with Gasteiger partial charge in [-0.25, -0.2) is 0 Å². The average Bonchev–Trinajstić information content (AvgIpc) is 3.14. The lowest BCUT2D eigenvalue weighted by atomic mass is 9.85. The van der Waals surface area contributed by atoms with Gasteiger partial charge < -0.3 is 9.84 Å². The number of carbonyl (C=O) groups is 2. The Balaban J connectivity index is 1.87. The Morgan fingerprint density at radius 1 is 0.889 bits per heavy atom. The molecule has 1 fully saturated rings. The van der Waals surface area contributed by atoms with E-state index in [1.807, 2.05) is 43.3 Å². The van der Waals surface area contributed by atoms with Crippen LogP contribution in [-0.4, -0.2) is 23.4 Å². The van der Waals surface area contributed by atoms with Crippen molar-refractivity contribution in [2.75, 3.05) is 11.5 Å². The first kappa shape index (κ1) is 25.2. The molecule has 1 aliphatic rings. The number of carbonyl (C=O) groups excluding carboxylic acids is 2. The van der Waals surface area contributed by atoms with E-state index in [1.165, 1.54) is 4.90 Å². The minimum atomic E-state index is -0.761. The average molecular weight is 484 g/mol. The Morgan fingerprint density at radius 2 is 1.50 bits per heavy atom. The van der Waals surface area contributed by atoms with Crippen molar-refractivity contribution in [2.24, 2.45) is 0 Å². The smallest absolute Gasteiger partial charge is 0.300 e. The number of hydrogen-bond acceptors (Lipinski definition) is 4. The molecule has 0 bridgehead atoms. The maximum absolute atomic E-state index is 13.4. The fourth-order valence-corrected chi connectivity index (χ4v) is 4.50. The number of hydrogen-bond donors (Lipinski definition) is 1. The van der Waals surface area contributed by atoms with Gasteiger partial charge in [0.15, 0.2) is 0 Å². The molecule has 1 N–H and O–H groups in total. The minimum Gasteiger partial charge on any atom is -0.507 e. The number of aliphatic hydroxyl groups excluding tert-OH is 1. The summed E-state index contributed by atoms with van der Waals surface area (Å²) in [7, 11) is 0. The van der Waals surface area contributed by atoms with Crippen molar-refractivity contribution in [1.82, 2.24) is 0 Å². The molecule has 1 unspecified atom stereocenters. The van der Waals surface area contributed by atoms with Crippen molar-refractivity contribution < 1.29 is 19.4 Å². The van der Waals surface area contributed by atoms with E-state index >= 15 is 0 Å². The predicted molar refractivity (Wildman–Crippen MR) is 143 cm³/mol. The highest BCUT2D eigenvalue weighted by Crippen LogP contribution is 2.43. The first-order valence-corrected chi connectivity index (χ1v) is 12.4. The SMILES string of the molecule is CCOc1ccc(N2C(=O)C(=O)/C(=C(\O)c3ccc(CC)cc3)C2c2ccc(C(C)(C)C)cc2)cc1. The lowest BCUT2D eigenvalue weighted by Gasteiger charge is -2.26. The van der Waals surface area contributed by atoms with Gasteiger partial charge in [0, 0.05) is 11.3 Å². The molecule has 1 amide bonds. The van der Waals surface area contributed by atoms with Crippen LogP contribution in [0.15, 0.2) is 78.4 Å². The molecular formula is C31H33NO4. The number of ether oxygens (including phenoxy) is 1. The number of ketones is 1. The molecule has 0 radical (unpaired) electrons. The van der Waals surface area contributed by atoms with Crippen LogP contribution in [0.2, 0.25) is 0 Å². The summed E-state index contributed by atoms with van der Waals surface area (Å²) >= 11 is 0. The molecule has 0 saturated carbocycles. The van der Waals surface area contributed by atoms with Crippen LogP contribution in [0.4, 0.5) is 5.69 Å². The number of nitrogens with zero attached hydrogens (tertiary/aromatic N) is 1. The number of amides is 1. The maximum atomic E-state index is 13.4. The number of aryl methyl sites for hydroxylation is 1. The standard InChI is InChI=1S/C31H33NO4/c1-6-20-8-10-22(11-9-20)28(33)26-27(21-12-14-23(15-13-21)31(3,4)5)32(30(35)29(26)34)24-16-18-25(19-17-24)36-7-2/h8-19,27,33H,6-7H2,1-5H3/b28-26-. The Hall–Kier alpha value is -3.86. The third-order valence-corrected chi connectivity index (χ3v) is 6.60. The molecule has 1 heterocycles. The highest BCUT2D eigenvalue weighted by atomic mass is 16.5. The summed E-state index contributed by atoms with van der Waals surface area (Å²) in [6.45, 7) is 10.9. The number of Topliss-reactive ketones (excluding diaryl/α,β-unsaturated/α-hetero) is 1. The van der Waals surface area contributed by atoms with Crippen molar-refractivity contribution in [3.05, 3.63) is 101 Å². The molecule has 3 aromatic carbocycles. The zero-order valence-corrected chi connectivity index (χ0v) is 21.5. The van der Waals surface area contributed by atoms with Crippen LogP contribution < -0.4 is 9.64 Å². The largest absolute Gasteiger partial charge is 0.507 e. The fourth-order valence-electron chi connectivity index (χ4n) is 4.50. The lowest BCUT2D eigenvalue weighted by molar-refractivity contribution is -0.132. The van der Waals surface area contributed by atoms with E-state index in [-0.39, 0.29) is 16.7 Å². The van der Waals surface area contributed by atoms with Gasteiger partial charge in [-0.15, -0.1) is 0 Å². The Kier molecular flexibility index (Phi) is 7.02. The molecule has 1 atom stereocenters. The van der Waals surface area contributed by atoms with E-state index in [4.69, 9.17) is 4.74 Å². The highest BCUT2D eigenvalue weighted by molar-refractivity contribution is 6.51. The summed E-state index contributed by atoms with van der Waals surface area (Å²) in [4.78, 5) is 28.2. The molecule has 1 saturated heterocycles. The number of benzene rings is 3. The van der Waals surface area contributed by atoms with Gasteiger partial charge in [0.2, 0.25) is 0 Å². The van der Waals surface area contributed by atoms with Gasteiger partial charge in [-0.3, -0.25) is 14.5 Å².